The van der Waals surface area contributed by atoms with Crippen LogP contribution in [0.1, 0.15) is 21.7 Å². The van der Waals surface area contributed by atoms with E-state index in [-0.39, 0.29) is 11.4 Å². The van der Waals surface area contributed by atoms with Gasteiger partial charge in [-0.2, -0.15) is 18.3 Å². The Morgan fingerprint density at radius 2 is 1.88 bits per heavy atom. The molecule has 0 unspecified atom stereocenters. The summed E-state index contributed by atoms with van der Waals surface area (Å²) in [6.07, 6.45) is -4.50. The van der Waals surface area contributed by atoms with Gasteiger partial charge in [-0.05, 0) is 25.1 Å². The van der Waals surface area contributed by atoms with Crippen molar-refractivity contribution in [3.8, 4) is 5.69 Å². The fourth-order valence-electron chi connectivity index (χ4n) is 2.79. The Labute approximate surface area is 147 Å². The third-order valence-electron chi connectivity index (χ3n) is 4.13. The summed E-state index contributed by atoms with van der Waals surface area (Å²) in [7, 11) is 0. The Morgan fingerprint density at radius 3 is 2.54 bits per heavy atom. The van der Waals surface area contributed by atoms with Gasteiger partial charge >= 0.3 is 6.18 Å². The molecule has 2 aromatic rings. The number of piperazine rings is 1. The van der Waals surface area contributed by atoms with E-state index in [1.165, 1.54) is 27.8 Å². The highest BCUT2D eigenvalue weighted by Crippen LogP contribution is 2.30. The Bertz CT molecular complexity index is 886. The quantitative estimate of drug-likeness (QED) is 0.877. The van der Waals surface area contributed by atoms with E-state index in [0.29, 0.717) is 31.9 Å². The molecule has 1 aliphatic rings. The molecule has 0 atom stereocenters. The second-order valence-corrected chi connectivity index (χ2v) is 6.00. The number of rotatable bonds is 2. The third kappa shape index (κ3) is 3.62. The standard InChI is InChI=1S/C17H17F3N4O2/c1-11-9-14(25)15(16(26)23-7-5-21-6-8-23)22-24(11)13-4-2-3-12(10-13)17(18,19)20/h2-4,9-10,21H,5-8H2,1H3. The van der Waals surface area contributed by atoms with E-state index < -0.39 is 23.1 Å². The molecule has 0 spiro atoms. The van der Waals surface area contributed by atoms with Gasteiger partial charge in [0.1, 0.15) is 0 Å². The summed E-state index contributed by atoms with van der Waals surface area (Å²) < 4.78 is 40.0. The molecule has 1 aromatic carbocycles. The number of halogens is 3. The van der Waals surface area contributed by atoms with E-state index in [0.717, 1.165) is 12.1 Å². The van der Waals surface area contributed by atoms with Crippen LogP contribution in [0.15, 0.2) is 35.1 Å². The molecule has 9 heteroatoms. The van der Waals surface area contributed by atoms with Crippen LogP contribution >= 0.6 is 0 Å². The zero-order valence-corrected chi connectivity index (χ0v) is 14.0. The molecule has 1 saturated heterocycles. The molecule has 0 radical (unpaired) electrons. The number of carbonyl (C=O) groups is 1. The average Bonchev–Trinajstić information content (AvgIpc) is 2.61. The Balaban J connectivity index is 2.04. The van der Waals surface area contributed by atoms with Gasteiger partial charge in [-0.15, -0.1) is 0 Å². The second-order valence-electron chi connectivity index (χ2n) is 6.00. The van der Waals surface area contributed by atoms with Crippen molar-refractivity contribution in [1.29, 1.82) is 0 Å². The molecule has 138 valence electrons. The van der Waals surface area contributed by atoms with E-state index in [2.05, 4.69) is 10.4 Å². The molecule has 0 aliphatic carbocycles. The lowest BCUT2D eigenvalue weighted by Gasteiger charge is -2.27. The van der Waals surface area contributed by atoms with Crippen LogP contribution in [0.3, 0.4) is 0 Å². The molecular weight excluding hydrogens is 349 g/mol. The number of amides is 1. The SMILES string of the molecule is Cc1cc(=O)c(C(=O)N2CCNCC2)nn1-c1cccc(C(F)(F)F)c1. The van der Waals surface area contributed by atoms with Gasteiger partial charge in [0.25, 0.3) is 5.91 Å². The van der Waals surface area contributed by atoms with Crippen molar-refractivity contribution in [2.45, 2.75) is 13.1 Å². The van der Waals surface area contributed by atoms with Crippen molar-refractivity contribution >= 4 is 5.91 Å². The van der Waals surface area contributed by atoms with Crippen LogP contribution in [-0.4, -0.2) is 46.8 Å². The molecular formula is C17H17F3N4O2. The zero-order chi connectivity index (χ0) is 18.9. The van der Waals surface area contributed by atoms with E-state index in [9.17, 15) is 22.8 Å². The number of benzene rings is 1. The average molecular weight is 366 g/mol. The van der Waals surface area contributed by atoms with Crippen molar-refractivity contribution < 1.29 is 18.0 Å². The van der Waals surface area contributed by atoms with Gasteiger partial charge in [0, 0.05) is 37.9 Å². The minimum absolute atomic E-state index is 0.131. The molecule has 26 heavy (non-hydrogen) atoms. The van der Waals surface area contributed by atoms with Gasteiger partial charge in [-0.3, -0.25) is 9.59 Å². The molecule has 1 aliphatic heterocycles. The molecule has 1 amide bonds. The first-order valence-corrected chi connectivity index (χ1v) is 8.06. The predicted octanol–water partition coefficient (Wildman–Crippen LogP) is 1.61. The van der Waals surface area contributed by atoms with Crippen molar-refractivity contribution in [2.75, 3.05) is 26.2 Å². The fourth-order valence-corrected chi connectivity index (χ4v) is 2.79. The maximum atomic E-state index is 13.0. The number of nitrogens with zero attached hydrogens (tertiary/aromatic N) is 3. The van der Waals surface area contributed by atoms with Gasteiger partial charge < -0.3 is 10.2 Å². The number of aryl methyl sites for hydroxylation is 1. The largest absolute Gasteiger partial charge is 0.416 e. The summed E-state index contributed by atoms with van der Waals surface area (Å²) in [5.74, 6) is -0.516. The van der Waals surface area contributed by atoms with Crippen molar-refractivity contribution in [2.24, 2.45) is 0 Å². The minimum atomic E-state index is -4.50. The van der Waals surface area contributed by atoms with Crippen LogP contribution in [0.25, 0.3) is 5.69 Å². The molecule has 6 nitrogen and oxygen atoms in total. The first-order chi connectivity index (χ1) is 12.3. The first-order valence-electron chi connectivity index (χ1n) is 8.06. The maximum absolute atomic E-state index is 13.0. The normalized spacial score (nSPS) is 15.2. The summed E-state index contributed by atoms with van der Waals surface area (Å²) in [6.45, 7) is 3.65. The number of alkyl halides is 3. The van der Waals surface area contributed by atoms with E-state index in [1.54, 1.807) is 6.92 Å². The summed E-state index contributed by atoms with van der Waals surface area (Å²) in [5, 5.41) is 7.16. The number of carbonyl (C=O) groups excluding carboxylic acids is 1. The fraction of sp³-hybridized carbons (Fsp3) is 0.353. The Morgan fingerprint density at radius 1 is 1.19 bits per heavy atom. The van der Waals surface area contributed by atoms with Crippen LogP contribution in [0.5, 0.6) is 0 Å². The molecule has 2 heterocycles. The van der Waals surface area contributed by atoms with Gasteiger partial charge in [0.05, 0.1) is 11.3 Å². The molecule has 1 N–H and O–H groups in total. The molecule has 1 fully saturated rings. The smallest absolute Gasteiger partial charge is 0.335 e. The minimum Gasteiger partial charge on any atom is -0.335 e. The topological polar surface area (TPSA) is 67.2 Å². The highest BCUT2D eigenvalue weighted by molar-refractivity contribution is 5.92. The van der Waals surface area contributed by atoms with E-state index in [4.69, 9.17) is 0 Å². The number of nitrogens with one attached hydrogen (secondary N) is 1. The highest BCUT2D eigenvalue weighted by Gasteiger charge is 2.31. The molecule has 0 bridgehead atoms. The van der Waals surface area contributed by atoms with Crippen LogP contribution in [0.4, 0.5) is 13.2 Å². The van der Waals surface area contributed by atoms with Crippen LogP contribution in [0, 0.1) is 6.92 Å². The Hall–Kier alpha value is -2.68. The maximum Gasteiger partial charge on any atom is 0.416 e. The number of aromatic nitrogens is 2. The van der Waals surface area contributed by atoms with Crippen molar-refractivity contribution in [3.63, 3.8) is 0 Å². The van der Waals surface area contributed by atoms with Gasteiger partial charge in [-0.1, -0.05) is 6.07 Å². The third-order valence-corrected chi connectivity index (χ3v) is 4.13. The van der Waals surface area contributed by atoms with Gasteiger partial charge in [0.2, 0.25) is 5.43 Å². The first kappa shape index (κ1) is 18.1. The highest BCUT2D eigenvalue weighted by atomic mass is 19.4. The number of hydrogen-bond donors (Lipinski definition) is 1. The van der Waals surface area contributed by atoms with Crippen molar-refractivity contribution in [1.82, 2.24) is 20.0 Å². The summed E-state index contributed by atoms with van der Waals surface area (Å²) in [5.41, 5.74) is -1.20. The van der Waals surface area contributed by atoms with Crippen LogP contribution < -0.4 is 10.7 Å². The summed E-state index contributed by atoms with van der Waals surface area (Å²) >= 11 is 0. The van der Waals surface area contributed by atoms with E-state index in [1.807, 2.05) is 0 Å². The van der Waals surface area contributed by atoms with Crippen LogP contribution in [-0.2, 0) is 6.18 Å². The second kappa shape index (κ2) is 6.91. The molecule has 1 aromatic heterocycles. The lowest BCUT2D eigenvalue weighted by molar-refractivity contribution is -0.137. The lowest BCUT2D eigenvalue weighted by atomic mass is 10.2. The van der Waals surface area contributed by atoms with Gasteiger partial charge in [-0.25, -0.2) is 4.68 Å². The molecule has 3 rings (SSSR count). The lowest BCUT2D eigenvalue weighted by Crippen LogP contribution is -2.48. The molecule has 0 saturated carbocycles. The number of hydrogen-bond acceptors (Lipinski definition) is 4. The zero-order valence-electron chi connectivity index (χ0n) is 14.0. The summed E-state index contributed by atoms with van der Waals surface area (Å²) in [4.78, 5) is 26.3. The van der Waals surface area contributed by atoms with E-state index >= 15 is 0 Å². The predicted molar refractivity (Wildman–Crippen MR) is 88.3 cm³/mol. The monoisotopic (exact) mass is 366 g/mol. The van der Waals surface area contributed by atoms with Gasteiger partial charge in [0.15, 0.2) is 5.69 Å². The summed E-state index contributed by atoms with van der Waals surface area (Å²) in [6, 6.07) is 5.80. The van der Waals surface area contributed by atoms with Crippen LogP contribution in [0.2, 0.25) is 0 Å². The Kier molecular flexibility index (Phi) is 4.82. The van der Waals surface area contributed by atoms with Crippen molar-refractivity contribution in [3.05, 3.63) is 57.5 Å².